The van der Waals surface area contributed by atoms with E-state index in [4.69, 9.17) is 9.47 Å². The molecule has 32 heavy (non-hydrogen) atoms. The molecule has 1 aliphatic carbocycles. The lowest BCUT2D eigenvalue weighted by Gasteiger charge is -2.39. The van der Waals surface area contributed by atoms with E-state index in [0.29, 0.717) is 42.1 Å². The number of hydrogen-bond acceptors (Lipinski definition) is 5. The van der Waals surface area contributed by atoms with Gasteiger partial charge in [0.15, 0.2) is 5.43 Å². The van der Waals surface area contributed by atoms with Gasteiger partial charge in [-0.25, -0.2) is 4.79 Å². The maximum Gasteiger partial charge on any atom is 0.341 e. The fourth-order valence-corrected chi connectivity index (χ4v) is 4.76. The predicted molar refractivity (Wildman–Crippen MR) is 120 cm³/mol. The molecule has 0 amide bonds. The van der Waals surface area contributed by atoms with Crippen LogP contribution in [0.25, 0.3) is 11.3 Å². The van der Waals surface area contributed by atoms with E-state index < -0.39 is 11.4 Å². The third-order valence-electron chi connectivity index (χ3n) is 6.79. The van der Waals surface area contributed by atoms with Crippen LogP contribution in [0.15, 0.2) is 29.2 Å². The number of benzene rings is 1. The maximum absolute atomic E-state index is 12.5. The Kier molecular flexibility index (Phi) is 5.90. The number of pyridine rings is 1. The Hall–Kier alpha value is -2.64. The van der Waals surface area contributed by atoms with Crippen LogP contribution in [0.5, 0.6) is 5.75 Å². The first-order valence-electron chi connectivity index (χ1n) is 11.0. The molecule has 2 heterocycles. The highest BCUT2D eigenvalue weighted by atomic mass is 16.5. The predicted octanol–water partition coefficient (Wildman–Crippen LogP) is 3.65. The van der Waals surface area contributed by atoms with Crippen LogP contribution < -0.4 is 10.2 Å². The molecule has 0 bridgehead atoms. The van der Waals surface area contributed by atoms with E-state index >= 15 is 0 Å². The molecule has 1 atom stereocenters. The monoisotopic (exact) mass is 441 g/mol. The molecule has 1 aromatic heterocycles. The minimum Gasteiger partial charge on any atom is -0.493 e. The van der Waals surface area contributed by atoms with Gasteiger partial charge >= 0.3 is 5.97 Å². The van der Waals surface area contributed by atoms with Crippen LogP contribution in [0.2, 0.25) is 0 Å². The van der Waals surface area contributed by atoms with Crippen molar-refractivity contribution in [3.63, 3.8) is 0 Å². The van der Waals surface area contributed by atoms with Crippen molar-refractivity contribution < 1.29 is 24.5 Å². The average molecular weight is 442 g/mol. The Balaban J connectivity index is 1.75. The molecule has 7 heteroatoms. The van der Waals surface area contributed by atoms with E-state index in [9.17, 15) is 19.8 Å². The van der Waals surface area contributed by atoms with E-state index in [1.54, 1.807) is 7.11 Å². The Morgan fingerprint density at radius 1 is 1.22 bits per heavy atom. The number of aromatic carboxylic acids is 1. The average Bonchev–Trinajstić information content (AvgIpc) is 2.70. The first-order valence-corrected chi connectivity index (χ1v) is 11.0. The van der Waals surface area contributed by atoms with Crippen molar-refractivity contribution >= 4 is 5.97 Å². The van der Waals surface area contributed by atoms with Crippen LogP contribution in [-0.2, 0) is 17.8 Å². The number of aromatic nitrogens is 1. The van der Waals surface area contributed by atoms with Crippen LogP contribution in [-0.4, -0.2) is 40.6 Å². The summed E-state index contributed by atoms with van der Waals surface area (Å²) in [6.07, 6.45) is 4.40. The van der Waals surface area contributed by atoms with Gasteiger partial charge in [0.05, 0.1) is 25.0 Å². The number of nitrogens with zero attached hydrogens (tertiary/aromatic N) is 1. The van der Waals surface area contributed by atoms with Crippen molar-refractivity contribution in [2.24, 2.45) is 11.3 Å². The molecule has 1 fully saturated rings. The number of fused-ring (bicyclic) bond motifs is 3. The smallest absolute Gasteiger partial charge is 0.341 e. The van der Waals surface area contributed by atoms with Gasteiger partial charge in [-0.05, 0) is 48.3 Å². The molecular weight excluding hydrogens is 410 g/mol. The van der Waals surface area contributed by atoms with Crippen LogP contribution in [0.3, 0.4) is 0 Å². The number of ether oxygens (including phenoxy) is 2. The summed E-state index contributed by atoms with van der Waals surface area (Å²) >= 11 is 0. The fraction of sp³-hybridized carbons (Fsp3) is 0.520. The summed E-state index contributed by atoms with van der Waals surface area (Å²) in [5, 5.41) is 19.5. The summed E-state index contributed by atoms with van der Waals surface area (Å²) in [6.45, 7) is 6.70. The second kappa shape index (κ2) is 8.37. The zero-order valence-corrected chi connectivity index (χ0v) is 19.1. The number of aliphatic hydroxyl groups is 1. The minimum atomic E-state index is -1.23. The molecule has 2 aliphatic rings. The van der Waals surface area contributed by atoms with Crippen molar-refractivity contribution in [2.45, 2.75) is 58.8 Å². The van der Waals surface area contributed by atoms with Gasteiger partial charge in [-0.3, -0.25) is 4.79 Å². The Morgan fingerprint density at radius 2 is 1.94 bits per heavy atom. The summed E-state index contributed by atoms with van der Waals surface area (Å²) in [5.41, 5.74) is 2.26. The topological polar surface area (TPSA) is 98.0 Å². The number of methoxy groups -OCH3 is 1. The maximum atomic E-state index is 12.5. The number of rotatable bonds is 6. The Labute approximate surface area is 187 Å². The summed E-state index contributed by atoms with van der Waals surface area (Å²) in [6, 6.07) is 5.21. The third kappa shape index (κ3) is 4.07. The molecule has 2 N–H and O–H groups in total. The molecule has 1 aliphatic heterocycles. The largest absolute Gasteiger partial charge is 0.493 e. The van der Waals surface area contributed by atoms with Gasteiger partial charge in [-0.1, -0.05) is 20.8 Å². The second-order valence-corrected chi connectivity index (χ2v) is 10.0. The molecule has 4 rings (SSSR count). The highest BCUT2D eigenvalue weighted by Gasteiger charge is 2.34. The minimum absolute atomic E-state index is 0.0365. The normalized spacial score (nSPS) is 22.0. The van der Waals surface area contributed by atoms with Crippen molar-refractivity contribution in [1.82, 2.24) is 4.57 Å². The molecule has 0 unspecified atom stereocenters. The van der Waals surface area contributed by atoms with Gasteiger partial charge in [-0.15, -0.1) is 0 Å². The number of carboxylic acids is 1. The van der Waals surface area contributed by atoms with Gasteiger partial charge in [0, 0.05) is 36.5 Å². The molecule has 0 radical (unpaired) electrons. The Bertz CT molecular complexity index is 1090. The lowest BCUT2D eigenvalue weighted by atomic mass is 9.78. The molecule has 0 saturated heterocycles. The standard InChI is InChI=1S/C25H31NO6/c1-25(2,3)23-9-15-8-22(32-13-14-5-17(6-14)31-4)16(12-27)7-18(15)20-10-21(28)19(24(29)30)11-26(20)23/h7-8,10-11,14,17,23,27H,5-6,9,12-13H2,1-4H3,(H,29,30)/t14?,17?,23-/m0/s1. The SMILES string of the molecule is COC1CC(COc2cc3c(cc2CO)-c2cc(=O)c(C(=O)O)cn2[C@H](C(C)(C)C)C3)C1. The van der Waals surface area contributed by atoms with Gasteiger partial charge in [-0.2, -0.15) is 0 Å². The number of hydrogen-bond donors (Lipinski definition) is 2. The van der Waals surface area contributed by atoms with E-state index in [2.05, 4.69) is 20.8 Å². The lowest BCUT2D eigenvalue weighted by Crippen LogP contribution is -2.34. The van der Waals surface area contributed by atoms with Gasteiger partial charge in [0.25, 0.3) is 0 Å². The van der Waals surface area contributed by atoms with Crippen molar-refractivity contribution in [1.29, 1.82) is 0 Å². The van der Waals surface area contributed by atoms with E-state index in [1.165, 1.54) is 12.3 Å². The van der Waals surface area contributed by atoms with Crippen molar-refractivity contribution in [3.8, 4) is 17.0 Å². The molecule has 0 spiro atoms. The quantitative estimate of drug-likeness (QED) is 0.710. The van der Waals surface area contributed by atoms with E-state index in [0.717, 1.165) is 24.0 Å². The second-order valence-electron chi connectivity index (χ2n) is 10.0. The zero-order valence-electron chi connectivity index (χ0n) is 19.1. The summed E-state index contributed by atoms with van der Waals surface area (Å²) in [7, 11) is 1.73. The number of carboxylic acid groups (broad SMARTS) is 1. The highest BCUT2D eigenvalue weighted by molar-refractivity contribution is 5.87. The van der Waals surface area contributed by atoms with Gasteiger partial charge in [0.2, 0.25) is 0 Å². The van der Waals surface area contributed by atoms with E-state index in [1.807, 2.05) is 16.7 Å². The highest BCUT2D eigenvalue weighted by Crippen LogP contribution is 2.44. The van der Waals surface area contributed by atoms with Gasteiger partial charge < -0.3 is 24.3 Å². The molecule has 1 aromatic carbocycles. The number of carbonyl (C=O) groups is 1. The van der Waals surface area contributed by atoms with Crippen molar-refractivity contribution in [3.05, 3.63) is 51.3 Å². The summed E-state index contributed by atoms with van der Waals surface area (Å²) < 4.78 is 13.4. The first kappa shape index (κ1) is 22.6. The fourth-order valence-electron chi connectivity index (χ4n) is 4.76. The van der Waals surface area contributed by atoms with Crippen LogP contribution >= 0.6 is 0 Å². The molecule has 172 valence electrons. The van der Waals surface area contributed by atoms with Crippen LogP contribution in [0, 0.1) is 11.3 Å². The molecule has 1 saturated carbocycles. The summed E-state index contributed by atoms with van der Waals surface area (Å²) in [5.74, 6) is -0.119. The zero-order chi connectivity index (χ0) is 23.2. The molecule has 2 aromatic rings. The Morgan fingerprint density at radius 3 is 2.53 bits per heavy atom. The first-order chi connectivity index (χ1) is 15.1. The van der Waals surface area contributed by atoms with E-state index in [-0.39, 0.29) is 23.6 Å². The number of aliphatic hydroxyl groups excluding tert-OH is 1. The molecular formula is C25H31NO6. The summed E-state index contributed by atoms with van der Waals surface area (Å²) in [4.78, 5) is 24.1. The molecule has 7 nitrogen and oxygen atoms in total. The lowest BCUT2D eigenvalue weighted by molar-refractivity contribution is -0.0144. The van der Waals surface area contributed by atoms with Crippen LogP contribution in [0.4, 0.5) is 0 Å². The van der Waals surface area contributed by atoms with Crippen molar-refractivity contribution in [2.75, 3.05) is 13.7 Å². The third-order valence-corrected chi connectivity index (χ3v) is 6.79. The van der Waals surface area contributed by atoms with Gasteiger partial charge in [0.1, 0.15) is 11.3 Å². The van der Waals surface area contributed by atoms with Crippen LogP contribution in [0.1, 0.15) is 61.1 Å².